The molecule has 1 heterocycles. The first kappa shape index (κ1) is 8.71. The van der Waals surface area contributed by atoms with E-state index in [9.17, 15) is 5.11 Å². The minimum atomic E-state index is -0.712. The van der Waals surface area contributed by atoms with Gasteiger partial charge in [0.15, 0.2) is 0 Å². The summed E-state index contributed by atoms with van der Waals surface area (Å²) >= 11 is 0. The van der Waals surface area contributed by atoms with Crippen molar-refractivity contribution >= 4 is 0 Å². The molecule has 11 heavy (non-hydrogen) atoms. The first-order chi connectivity index (χ1) is 5.24. The maximum atomic E-state index is 9.21. The van der Waals surface area contributed by atoms with Crippen molar-refractivity contribution in [3.63, 3.8) is 0 Å². The topological polar surface area (TPSA) is 49.7 Å². The first-order valence-corrected chi connectivity index (χ1v) is 3.82. The SMILES string of the molecule is C=CC[C@@H]1C[C@@H](O)[C@H](O)CO1. The lowest BCUT2D eigenvalue weighted by Crippen LogP contribution is -2.40. The van der Waals surface area contributed by atoms with Crippen LogP contribution in [0.15, 0.2) is 12.7 Å². The fourth-order valence-electron chi connectivity index (χ4n) is 1.19. The quantitative estimate of drug-likeness (QED) is 0.559. The molecule has 1 rings (SSSR count). The van der Waals surface area contributed by atoms with E-state index in [4.69, 9.17) is 9.84 Å². The molecule has 0 bridgehead atoms. The van der Waals surface area contributed by atoms with Crippen LogP contribution in [0.4, 0.5) is 0 Å². The highest BCUT2D eigenvalue weighted by molar-refractivity contribution is 4.82. The van der Waals surface area contributed by atoms with Gasteiger partial charge in [0.25, 0.3) is 0 Å². The van der Waals surface area contributed by atoms with Gasteiger partial charge in [-0.3, -0.25) is 0 Å². The Labute approximate surface area is 66.3 Å². The fraction of sp³-hybridized carbons (Fsp3) is 0.750. The van der Waals surface area contributed by atoms with Crippen molar-refractivity contribution in [2.75, 3.05) is 6.61 Å². The summed E-state index contributed by atoms with van der Waals surface area (Å²) in [7, 11) is 0. The highest BCUT2D eigenvalue weighted by Crippen LogP contribution is 2.16. The van der Waals surface area contributed by atoms with E-state index in [0.717, 1.165) is 6.42 Å². The zero-order valence-electron chi connectivity index (χ0n) is 6.44. The smallest absolute Gasteiger partial charge is 0.103 e. The van der Waals surface area contributed by atoms with Gasteiger partial charge in [0.1, 0.15) is 6.10 Å². The largest absolute Gasteiger partial charge is 0.390 e. The van der Waals surface area contributed by atoms with E-state index in [1.807, 2.05) is 0 Å². The zero-order valence-corrected chi connectivity index (χ0v) is 6.44. The molecule has 0 aromatic carbocycles. The molecule has 1 saturated heterocycles. The number of rotatable bonds is 2. The van der Waals surface area contributed by atoms with Gasteiger partial charge in [0, 0.05) is 6.42 Å². The lowest BCUT2D eigenvalue weighted by molar-refractivity contribution is -0.119. The molecule has 0 unspecified atom stereocenters. The van der Waals surface area contributed by atoms with Gasteiger partial charge in [-0.1, -0.05) is 6.08 Å². The van der Waals surface area contributed by atoms with Gasteiger partial charge in [-0.05, 0) is 6.42 Å². The molecule has 64 valence electrons. The Morgan fingerprint density at radius 2 is 2.18 bits per heavy atom. The average molecular weight is 158 g/mol. The third kappa shape index (κ3) is 2.29. The van der Waals surface area contributed by atoms with Crippen LogP contribution in [0.5, 0.6) is 0 Å². The van der Waals surface area contributed by atoms with Gasteiger partial charge in [-0.15, -0.1) is 6.58 Å². The molecule has 2 N–H and O–H groups in total. The van der Waals surface area contributed by atoms with Gasteiger partial charge in [-0.2, -0.15) is 0 Å². The summed E-state index contributed by atoms with van der Waals surface area (Å²) in [4.78, 5) is 0. The summed E-state index contributed by atoms with van der Waals surface area (Å²) < 4.78 is 5.22. The summed E-state index contributed by atoms with van der Waals surface area (Å²) in [6.45, 7) is 3.81. The summed E-state index contributed by atoms with van der Waals surface area (Å²) in [5.41, 5.74) is 0. The maximum absolute atomic E-state index is 9.21. The summed E-state index contributed by atoms with van der Waals surface area (Å²) in [5.74, 6) is 0. The molecule has 3 nitrogen and oxygen atoms in total. The second kappa shape index (κ2) is 3.85. The van der Waals surface area contributed by atoms with Gasteiger partial charge in [0.05, 0.1) is 18.8 Å². The molecular formula is C8H14O3. The monoisotopic (exact) mass is 158 g/mol. The van der Waals surface area contributed by atoms with E-state index >= 15 is 0 Å². The van der Waals surface area contributed by atoms with E-state index in [-0.39, 0.29) is 12.7 Å². The van der Waals surface area contributed by atoms with Crippen molar-refractivity contribution in [3.05, 3.63) is 12.7 Å². The molecule has 0 aliphatic carbocycles. The minimum absolute atomic E-state index is 0.0332. The lowest BCUT2D eigenvalue weighted by atomic mass is 10.0. The number of hydrogen-bond donors (Lipinski definition) is 2. The van der Waals surface area contributed by atoms with E-state index in [2.05, 4.69) is 6.58 Å². The third-order valence-corrected chi connectivity index (χ3v) is 1.88. The molecule has 1 aliphatic heterocycles. The first-order valence-electron chi connectivity index (χ1n) is 3.82. The van der Waals surface area contributed by atoms with E-state index in [1.165, 1.54) is 0 Å². The Hall–Kier alpha value is -0.380. The predicted octanol–water partition coefficient (Wildman–Crippen LogP) is 0.0732. The van der Waals surface area contributed by atoms with Crippen molar-refractivity contribution < 1.29 is 14.9 Å². The number of aliphatic hydroxyl groups is 2. The van der Waals surface area contributed by atoms with Gasteiger partial charge >= 0.3 is 0 Å². The zero-order chi connectivity index (χ0) is 8.27. The van der Waals surface area contributed by atoms with Gasteiger partial charge in [-0.25, -0.2) is 0 Å². The van der Waals surface area contributed by atoms with E-state index in [1.54, 1.807) is 6.08 Å². The average Bonchev–Trinajstić information content (AvgIpc) is 1.98. The van der Waals surface area contributed by atoms with E-state index < -0.39 is 12.2 Å². The van der Waals surface area contributed by atoms with Crippen LogP contribution < -0.4 is 0 Å². The van der Waals surface area contributed by atoms with Crippen molar-refractivity contribution in [2.24, 2.45) is 0 Å². The predicted molar refractivity (Wildman–Crippen MR) is 41.2 cm³/mol. The number of aliphatic hydroxyl groups excluding tert-OH is 2. The third-order valence-electron chi connectivity index (χ3n) is 1.88. The Morgan fingerprint density at radius 1 is 1.45 bits per heavy atom. The molecular weight excluding hydrogens is 144 g/mol. The van der Waals surface area contributed by atoms with E-state index in [0.29, 0.717) is 6.42 Å². The molecule has 0 aromatic heterocycles. The lowest BCUT2D eigenvalue weighted by Gasteiger charge is -2.29. The Kier molecular flexibility index (Phi) is 3.05. The van der Waals surface area contributed by atoms with Crippen LogP contribution in [0.2, 0.25) is 0 Å². The molecule has 1 fully saturated rings. The van der Waals surface area contributed by atoms with Crippen molar-refractivity contribution in [1.29, 1.82) is 0 Å². The Bertz CT molecular complexity index is 135. The number of hydrogen-bond acceptors (Lipinski definition) is 3. The summed E-state index contributed by atoms with van der Waals surface area (Å²) in [6, 6.07) is 0. The maximum Gasteiger partial charge on any atom is 0.103 e. The van der Waals surface area contributed by atoms with Crippen LogP contribution in [0.1, 0.15) is 12.8 Å². The molecule has 0 saturated carbocycles. The van der Waals surface area contributed by atoms with Gasteiger partial charge in [0.2, 0.25) is 0 Å². The van der Waals surface area contributed by atoms with Crippen molar-refractivity contribution in [2.45, 2.75) is 31.2 Å². The van der Waals surface area contributed by atoms with Crippen LogP contribution in [0.3, 0.4) is 0 Å². The molecule has 3 atom stereocenters. The second-order valence-electron chi connectivity index (χ2n) is 2.85. The molecule has 0 amide bonds. The molecule has 1 aliphatic rings. The minimum Gasteiger partial charge on any atom is -0.390 e. The molecule has 0 aromatic rings. The highest BCUT2D eigenvalue weighted by atomic mass is 16.5. The Morgan fingerprint density at radius 3 is 2.73 bits per heavy atom. The summed E-state index contributed by atoms with van der Waals surface area (Å²) in [5, 5.41) is 18.3. The second-order valence-corrected chi connectivity index (χ2v) is 2.85. The molecule has 0 radical (unpaired) electrons. The van der Waals surface area contributed by atoms with Gasteiger partial charge < -0.3 is 14.9 Å². The van der Waals surface area contributed by atoms with Crippen molar-refractivity contribution in [3.8, 4) is 0 Å². The van der Waals surface area contributed by atoms with Crippen LogP contribution in [-0.2, 0) is 4.74 Å². The fourth-order valence-corrected chi connectivity index (χ4v) is 1.19. The van der Waals surface area contributed by atoms with Crippen LogP contribution in [-0.4, -0.2) is 35.1 Å². The normalized spacial score (nSPS) is 38.5. The van der Waals surface area contributed by atoms with Crippen molar-refractivity contribution in [1.82, 2.24) is 0 Å². The number of ether oxygens (including phenoxy) is 1. The van der Waals surface area contributed by atoms with Crippen LogP contribution in [0, 0.1) is 0 Å². The molecule has 0 spiro atoms. The summed E-state index contributed by atoms with van der Waals surface area (Å²) in [6.07, 6.45) is 1.70. The Balaban J connectivity index is 2.33. The highest BCUT2D eigenvalue weighted by Gasteiger charge is 2.27. The standard InChI is InChI=1S/C8H14O3/c1-2-3-6-4-7(9)8(10)5-11-6/h2,6-10H,1,3-5H2/t6-,7-,8-/m1/s1. The van der Waals surface area contributed by atoms with Crippen LogP contribution >= 0.6 is 0 Å². The molecule has 3 heteroatoms. The van der Waals surface area contributed by atoms with Crippen LogP contribution in [0.25, 0.3) is 0 Å².